The number of carbonyl (C=O) groups is 2. The molecule has 0 bridgehead atoms. The van der Waals surface area contributed by atoms with Crippen molar-refractivity contribution in [1.29, 1.82) is 0 Å². The van der Waals surface area contributed by atoms with Gasteiger partial charge in [-0.2, -0.15) is 0 Å². The van der Waals surface area contributed by atoms with Gasteiger partial charge in [-0.05, 0) is 48.7 Å². The molecule has 0 fully saturated rings. The third kappa shape index (κ3) is 5.49. The molecule has 0 heterocycles. The maximum atomic E-state index is 12.0. The average Bonchev–Trinajstić information content (AvgIpc) is 2.60. The van der Waals surface area contributed by atoms with E-state index >= 15 is 0 Å². The summed E-state index contributed by atoms with van der Waals surface area (Å²) in [4.78, 5) is 23.7. The Morgan fingerprint density at radius 3 is 2.38 bits per heavy atom. The molecule has 0 atom stereocenters. The van der Waals surface area contributed by atoms with Crippen molar-refractivity contribution in [2.45, 2.75) is 26.7 Å². The van der Waals surface area contributed by atoms with E-state index in [4.69, 9.17) is 21.1 Å². The van der Waals surface area contributed by atoms with Gasteiger partial charge < -0.3 is 14.8 Å². The van der Waals surface area contributed by atoms with Gasteiger partial charge in [0.15, 0.2) is 6.61 Å². The number of esters is 1. The monoisotopic (exact) mass is 375 g/mol. The number of hydrogen-bond donors (Lipinski definition) is 1. The van der Waals surface area contributed by atoms with Crippen LogP contribution >= 0.6 is 11.6 Å². The van der Waals surface area contributed by atoms with Crippen molar-refractivity contribution in [3.05, 3.63) is 58.6 Å². The molecule has 0 aromatic heterocycles. The Hall–Kier alpha value is -2.53. The van der Waals surface area contributed by atoms with E-state index in [1.807, 2.05) is 24.3 Å². The molecule has 0 saturated heterocycles. The third-order valence-corrected chi connectivity index (χ3v) is 3.98. The zero-order valence-electron chi connectivity index (χ0n) is 15.0. The standard InChI is InChI=1S/C20H22ClNO4/c1-4-25-20(24)17-10-7-15(11-18(17)21)22-19(23)12-26-16-8-5-14(6-9-16)13(2)3/h5-11,13H,4,12H2,1-3H3,(H,22,23). The number of halogens is 1. The van der Waals surface area contributed by atoms with E-state index < -0.39 is 5.97 Å². The van der Waals surface area contributed by atoms with Crippen LogP contribution in [0.5, 0.6) is 5.75 Å². The third-order valence-electron chi connectivity index (χ3n) is 3.66. The predicted octanol–water partition coefficient (Wildman–Crippen LogP) is 4.66. The molecule has 2 aromatic carbocycles. The molecule has 2 aromatic rings. The van der Waals surface area contributed by atoms with Crippen LogP contribution < -0.4 is 10.1 Å². The lowest BCUT2D eigenvalue weighted by molar-refractivity contribution is -0.118. The Morgan fingerprint density at radius 2 is 1.81 bits per heavy atom. The van der Waals surface area contributed by atoms with Gasteiger partial charge in [-0.15, -0.1) is 0 Å². The van der Waals surface area contributed by atoms with Crippen molar-refractivity contribution < 1.29 is 19.1 Å². The van der Waals surface area contributed by atoms with E-state index in [0.29, 0.717) is 17.4 Å². The summed E-state index contributed by atoms with van der Waals surface area (Å²) in [5, 5.41) is 2.89. The number of nitrogens with one attached hydrogen (secondary N) is 1. The molecular weight excluding hydrogens is 354 g/mol. The molecular formula is C20H22ClNO4. The maximum absolute atomic E-state index is 12.0. The van der Waals surface area contributed by atoms with E-state index in [1.54, 1.807) is 13.0 Å². The molecule has 1 N–H and O–H groups in total. The Morgan fingerprint density at radius 1 is 1.12 bits per heavy atom. The van der Waals surface area contributed by atoms with Gasteiger partial charge in [0.1, 0.15) is 5.75 Å². The number of ether oxygens (including phenoxy) is 2. The highest BCUT2D eigenvalue weighted by Crippen LogP contribution is 2.22. The van der Waals surface area contributed by atoms with Gasteiger partial charge in [0, 0.05) is 5.69 Å². The molecule has 1 amide bonds. The first kappa shape index (κ1) is 19.8. The fraction of sp³-hybridized carbons (Fsp3) is 0.300. The van der Waals surface area contributed by atoms with Crippen LogP contribution in [-0.2, 0) is 9.53 Å². The summed E-state index contributed by atoms with van der Waals surface area (Å²) in [5.41, 5.74) is 1.94. The minimum Gasteiger partial charge on any atom is -0.484 e. The van der Waals surface area contributed by atoms with Gasteiger partial charge in [0.25, 0.3) is 5.91 Å². The van der Waals surface area contributed by atoms with Gasteiger partial charge in [0.2, 0.25) is 0 Å². The summed E-state index contributed by atoms with van der Waals surface area (Å²) in [5.74, 6) is 0.247. The molecule has 5 nitrogen and oxygen atoms in total. The SMILES string of the molecule is CCOC(=O)c1ccc(NC(=O)COc2ccc(C(C)C)cc2)cc1Cl. The molecule has 0 aliphatic carbocycles. The topological polar surface area (TPSA) is 64.6 Å². The van der Waals surface area contributed by atoms with Crippen LogP contribution in [0.1, 0.15) is 42.6 Å². The summed E-state index contributed by atoms with van der Waals surface area (Å²) >= 11 is 6.07. The first-order valence-electron chi connectivity index (χ1n) is 8.40. The first-order valence-corrected chi connectivity index (χ1v) is 8.77. The molecule has 0 aliphatic heterocycles. The largest absolute Gasteiger partial charge is 0.484 e. The quantitative estimate of drug-likeness (QED) is 0.715. The highest BCUT2D eigenvalue weighted by Gasteiger charge is 2.13. The first-order chi connectivity index (χ1) is 12.4. The van der Waals surface area contributed by atoms with Crippen LogP contribution in [0.15, 0.2) is 42.5 Å². The van der Waals surface area contributed by atoms with Crippen molar-refractivity contribution in [1.82, 2.24) is 0 Å². The van der Waals surface area contributed by atoms with Crippen LogP contribution in [0.3, 0.4) is 0 Å². The average molecular weight is 376 g/mol. The molecule has 2 rings (SSSR count). The van der Waals surface area contributed by atoms with Crippen LogP contribution in [0.4, 0.5) is 5.69 Å². The minimum absolute atomic E-state index is 0.127. The fourth-order valence-electron chi connectivity index (χ4n) is 2.26. The predicted molar refractivity (Wildman–Crippen MR) is 102 cm³/mol. The number of benzene rings is 2. The number of hydrogen-bond acceptors (Lipinski definition) is 4. The van der Waals surface area contributed by atoms with Crippen molar-refractivity contribution in [2.75, 3.05) is 18.5 Å². The molecule has 0 aliphatic rings. The number of rotatable bonds is 7. The van der Waals surface area contributed by atoms with Gasteiger partial charge in [-0.25, -0.2) is 4.79 Å². The van der Waals surface area contributed by atoms with E-state index in [0.717, 1.165) is 0 Å². The fourth-order valence-corrected chi connectivity index (χ4v) is 2.52. The van der Waals surface area contributed by atoms with Crippen molar-refractivity contribution in [3.8, 4) is 5.75 Å². The lowest BCUT2D eigenvalue weighted by Crippen LogP contribution is -2.20. The van der Waals surface area contributed by atoms with E-state index in [1.165, 1.54) is 17.7 Å². The van der Waals surface area contributed by atoms with Crippen LogP contribution in [0.25, 0.3) is 0 Å². The molecule has 0 spiro atoms. The van der Waals surface area contributed by atoms with E-state index in [-0.39, 0.29) is 29.7 Å². The molecule has 0 radical (unpaired) electrons. The summed E-state index contributed by atoms with van der Waals surface area (Å²) in [6.45, 7) is 6.08. The summed E-state index contributed by atoms with van der Waals surface area (Å²) < 4.78 is 10.4. The second-order valence-corrected chi connectivity index (χ2v) is 6.38. The zero-order chi connectivity index (χ0) is 19.1. The van der Waals surface area contributed by atoms with Gasteiger partial charge in [-0.3, -0.25) is 4.79 Å². The summed E-state index contributed by atoms with van der Waals surface area (Å²) in [7, 11) is 0. The van der Waals surface area contributed by atoms with Crippen molar-refractivity contribution >= 4 is 29.2 Å². The van der Waals surface area contributed by atoms with Crippen LogP contribution in [-0.4, -0.2) is 25.1 Å². The lowest BCUT2D eigenvalue weighted by Gasteiger charge is -2.10. The Labute approximate surface area is 158 Å². The zero-order valence-corrected chi connectivity index (χ0v) is 15.8. The Kier molecular flexibility index (Phi) is 7.04. The second-order valence-electron chi connectivity index (χ2n) is 5.98. The van der Waals surface area contributed by atoms with Gasteiger partial charge >= 0.3 is 5.97 Å². The normalized spacial score (nSPS) is 10.5. The summed E-state index contributed by atoms with van der Waals surface area (Å²) in [6.07, 6.45) is 0. The highest BCUT2D eigenvalue weighted by atomic mass is 35.5. The second kappa shape index (κ2) is 9.25. The molecule has 6 heteroatoms. The molecule has 26 heavy (non-hydrogen) atoms. The van der Waals surface area contributed by atoms with Crippen LogP contribution in [0.2, 0.25) is 5.02 Å². The van der Waals surface area contributed by atoms with Crippen molar-refractivity contribution in [3.63, 3.8) is 0 Å². The number of carbonyl (C=O) groups excluding carboxylic acids is 2. The Bertz CT molecular complexity index is 772. The Balaban J connectivity index is 1.91. The highest BCUT2D eigenvalue weighted by molar-refractivity contribution is 6.34. The maximum Gasteiger partial charge on any atom is 0.339 e. The van der Waals surface area contributed by atoms with Crippen molar-refractivity contribution in [2.24, 2.45) is 0 Å². The van der Waals surface area contributed by atoms with E-state index in [9.17, 15) is 9.59 Å². The molecule has 0 saturated carbocycles. The van der Waals surface area contributed by atoms with Gasteiger partial charge in [-0.1, -0.05) is 37.6 Å². The smallest absolute Gasteiger partial charge is 0.339 e. The minimum atomic E-state index is -0.497. The summed E-state index contributed by atoms with van der Waals surface area (Å²) in [6, 6.07) is 12.2. The number of anilines is 1. The van der Waals surface area contributed by atoms with Crippen LogP contribution in [0, 0.1) is 0 Å². The lowest BCUT2D eigenvalue weighted by atomic mass is 10.0. The molecule has 0 unspecified atom stereocenters. The van der Waals surface area contributed by atoms with E-state index in [2.05, 4.69) is 19.2 Å². The number of amides is 1. The molecule has 138 valence electrons. The van der Waals surface area contributed by atoms with Gasteiger partial charge in [0.05, 0.1) is 17.2 Å².